The molecule has 0 aliphatic heterocycles. The summed E-state index contributed by atoms with van der Waals surface area (Å²) in [6.45, 7) is 1.62. The smallest absolute Gasteiger partial charge is 0.256 e. The van der Waals surface area contributed by atoms with E-state index in [9.17, 15) is 9.59 Å². The summed E-state index contributed by atoms with van der Waals surface area (Å²) < 4.78 is 3.75. The Morgan fingerprint density at radius 3 is 2.52 bits per heavy atom. The molecule has 4 bridgehead atoms. The van der Waals surface area contributed by atoms with Gasteiger partial charge in [0.25, 0.3) is 5.91 Å². The molecule has 0 radical (unpaired) electrons. The molecule has 5 aliphatic rings. The van der Waals surface area contributed by atoms with Crippen molar-refractivity contribution in [3.8, 4) is 5.82 Å². The lowest BCUT2D eigenvalue weighted by atomic mass is 9.51. The van der Waals surface area contributed by atoms with Crippen LogP contribution in [0.2, 0.25) is 0 Å². The lowest BCUT2D eigenvalue weighted by Crippen LogP contribution is -2.66. The van der Waals surface area contributed by atoms with Crippen LogP contribution in [0.1, 0.15) is 74.7 Å². The minimum Gasteiger partial charge on any atom is -0.351 e. The Balaban J connectivity index is 1.26. The molecule has 5 fully saturated rings. The fourth-order valence-electron chi connectivity index (χ4n) is 7.05. The van der Waals surface area contributed by atoms with Crippen LogP contribution in [0.5, 0.6) is 0 Å². The SMILES string of the molecule is CC(=O)NC12CC3C[C@@H](C1)C(NC(=O)c1cnn(C4CCC4)c1-n1cccn1)[C@@H](C3)C2. The van der Waals surface area contributed by atoms with Crippen LogP contribution in [0.4, 0.5) is 0 Å². The average Bonchev–Trinajstić information content (AvgIpc) is 3.31. The monoisotopic (exact) mass is 422 g/mol. The zero-order valence-corrected chi connectivity index (χ0v) is 18.0. The van der Waals surface area contributed by atoms with Crippen molar-refractivity contribution in [2.75, 3.05) is 0 Å². The number of amides is 2. The van der Waals surface area contributed by atoms with Gasteiger partial charge in [0, 0.05) is 30.9 Å². The predicted octanol–water partition coefficient (Wildman–Crippen LogP) is 2.61. The van der Waals surface area contributed by atoms with E-state index in [-0.39, 0.29) is 23.4 Å². The van der Waals surface area contributed by atoms with Crippen molar-refractivity contribution in [1.82, 2.24) is 30.2 Å². The van der Waals surface area contributed by atoms with Gasteiger partial charge in [-0.3, -0.25) is 9.59 Å². The largest absolute Gasteiger partial charge is 0.351 e. The van der Waals surface area contributed by atoms with Crippen LogP contribution < -0.4 is 10.6 Å². The third-order valence-corrected chi connectivity index (χ3v) is 8.17. The minimum absolute atomic E-state index is 0.0536. The van der Waals surface area contributed by atoms with E-state index in [1.54, 1.807) is 24.0 Å². The molecule has 8 heteroatoms. The number of nitrogens with one attached hydrogen (secondary N) is 2. The number of rotatable bonds is 5. The highest BCUT2D eigenvalue weighted by atomic mass is 16.2. The standard InChI is InChI=1S/C23H30N6O2/c1-14(30)27-23-10-15-8-16(11-23)20(17(9-15)12-23)26-21(31)19-13-25-29(18-4-2-5-18)22(19)28-7-3-6-24-28/h3,6-7,13,15-18,20H,2,4-5,8-12H2,1H3,(H,26,31)(H,27,30)/t15?,16-,17-,20?,23?/m0/s1. The van der Waals surface area contributed by atoms with E-state index in [2.05, 4.69) is 20.8 Å². The molecule has 2 N–H and O–H groups in total. The van der Waals surface area contributed by atoms with E-state index >= 15 is 0 Å². The number of carbonyl (C=O) groups is 2. The van der Waals surface area contributed by atoms with Gasteiger partial charge in [0.1, 0.15) is 5.56 Å². The number of hydrogen-bond donors (Lipinski definition) is 2. The Morgan fingerprint density at radius 1 is 1.13 bits per heavy atom. The van der Waals surface area contributed by atoms with E-state index in [4.69, 9.17) is 0 Å². The van der Waals surface area contributed by atoms with Gasteiger partial charge in [0.05, 0.1) is 12.2 Å². The van der Waals surface area contributed by atoms with Crippen molar-refractivity contribution in [2.45, 2.75) is 75.9 Å². The maximum Gasteiger partial charge on any atom is 0.256 e. The second-order valence-corrected chi connectivity index (χ2v) is 10.3. The Hall–Kier alpha value is -2.64. The molecule has 7 rings (SSSR count). The van der Waals surface area contributed by atoms with Crippen LogP contribution in [0.3, 0.4) is 0 Å². The van der Waals surface area contributed by atoms with Gasteiger partial charge in [-0.1, -0.05) is 0 Å². The highest BCUT2D eigenvalue weighted by Gasteiger charge is 2.56. The van der Waals surface area contributed by atoms with Crippen LogP contribution >= 0.6 is 0 Å². The Bertz CT molecular complexity index is 991. The molecule has 164 valence electrons. The van der Waals surface area contributed by atoms with Crippen LogP contribution in [-0.2, 0) is 4.79 Å². The van der Waals surface area contributed by atoms with Gasteiger partial charge in [-0.25, -0.2) is 9.36 Å². The van der Waals surface area contributed by atoms with Crippen molar-refractivity contribution in [3.63, 3.8) is 0 Å². The van der Waals surface area contributed by atoms with Crippen molar-refractivity contribution in [1.29, 1.82) is 0 Å². The molecule has 0 saturated heterocycles. The Morgan fingerprint density at radius 2 is 1.90 bits per heavy atom. The van der Waals surface area contributed by atoms with Crippen LogP contribution in [0.15, 0.2) is 24.7 Å². The first-order valence-corrected chi connectivity index (χ1v) is 11.7. The number of aromatic nitrogens is 4. The summed E-state index contributed by atoms with van der Waals surface area (Å²) in [5.41, 5.74) is 0.541. The van der Waals surface area contributed by atoms with Crippen molar-refractivity contribution < 1.29 is 9.59 Å². The Kier molecular flexibility index (Phi) is 4.27. The number of carbonyl (C=O) groups excluding carboxylic acids is 2. The van der Waals surface area contributed by atoms with Crippen LogP contribution in [0, 0.1) is 17.8 Å². The first-order valence-electron chi connectivity index (χ1n) is 11.7. The predicted molar refractivity (Wildman–Crippen MR) is 114 cm³/mol. The van der Waals surface area contributed by atoms with Gasteiger partial charge >= 0.3 is 0 Å². The molecule has 2 aromatic heterocycles. The third kappa shape index (κ3) is 3.10. The van der Waals surface area contributed by atoms with Crippen molar-refractivity contribution >= 4 is 11.8 Å². The number of nitrogens with zero attached hydrogens (tertiary/aromatic N) is 4. The fourth-order valence-corrected chi connectivity index (χ4v) is 7.05. The van der Waals surface area contributed by atoms with Crippen molar-refractivity contribution in [3.05, 3.63) is 30.2 Å². The zero-order chi connectivity index (χ0) is 21.2. The molecule has 8 nitrogen and oxygen atoms in total. The van der Waals surface area contributed by atoms with Gasteiger partial charge in [-0.05, 0) is 75.2 Å². The first-order chi connectivity index (χ1) is 15.0. The molecule has 0 unspecified atom stereocenters. The molecule has 0 spiro atoms. The average molecular weight is 423 g/mol. The summed E-state index contributed by atoms with van der Waals surface area (Å²) in [5.74, 6) is 2.30. The molecule has 2 amide bonds. The first kappa shape index (κ1) is 19.1. The summed E-state index contributed by atoms with van der Waals surface area (Å²) in [7, 11) is 0. The van der Waals surface area contributed by atoms with Gasteiger partial charge in [0.2, 0.25) is 5.91 Å². The molecule has 31 heavy (non-hydrogen) atoms. The molecule has 0 aromatic carbocycles. The maximum atomic E-state index is 13.5. The third-order valence-electron chi connectivity index (χ3n) is 8.17. The normalized spacial score (nSPS) is 33.8. The Labute approximate surface area is 181 Å². The van der Waals surface area contributed by atoms with E-state index in [0.717, 1.165) is 50.8 Å². The highest BCUT2D eigenvalue weighted by molar-refractivity contribution is 5.97. The lowest BCUT2D eigenvalue weighted by Gasteiger charge is -2.60. The van der Waals surface area contributed by atoms with Gasteiger partial charge in [-0.2, -0.15) is 10.2 Å². The molecule has 5 aliphatic carbocycles. The minimum atomic E-state index is -0.0567. The quantitative estimate of drug-likeness (QED) is 0.775. The fraction of sp³-hybridized carbons (Fsp3) is 0.652. The van der Waals surface area contributed by atoms with Gasteiger partial charge < -0.3 is 10.6 Å². The van der Waals surface area contributed by atoms with E-state index < -0.39 is 0 Å². The van der Waals surface area contributed by atoms with E-state index in [1.807, 2.05) is 16.9 Å². The van der Waals surface area contributed by atoms with Crippen LogP contribution in [-0.4, -0.2) is 43.0 Å². The maximum absolute atomic E-state index is 13.5. The van der Waals surface area contributed by atoms with Gasteiger partial charge in [-0.15, -0.1) is 0 Å². The summed E-state index contributed by atoms with van der Waals surface area (Å²) in [6.07, 6.45) is 14.0. The van der Waals surface area contributed by atoms with Crippen molar-refractivity contribution in [2.24, 2.45) is 17.8 Å². The summed E-state index contributed by atoms with van der Waals surface area (Å²) >= 11 is 0. The number of hydrogen-bond acceptors (Lipinski definition) is 4. The topological polar surface area (TPSA) is 93.8 Å². The van der Waals surface area contributed by atoms with Gasteiger partial charge in [0.15, 0.2) is 5.82 Å². The summed E-state index contributed by atoms with van der Waals surface area (Å²) in [5, 5.41) is 15.7. The highest BCUT2D eigenvalue weighted by Crippen LogP contribution is 2.55. The molecule has 2 aromatic rings. The molecule has 5 saturated carbocycles. The molecule has 2 heterocycles. The van der Waals surface area contributed by atoms with E-state index in [0.29, 0.717) is 29.4 Å². The zero-order valence-electron chi connectivity index (χ0n) is 18.0. The second-order valence-electron chi connectivity index (χ2n) is 10.3. The van der Waals surface area contributed by atoms with E-state index in [1.165, 1.54) is 6.42 Å². The second kappa shape index (κ2) is 6.93. The summed E-state index contributed by atoms with van der Waals surface area (Å²) in [6, 6.07) is 2.39. The molecular weight excluding hydrogens is 392 g/mol. The molecular formula is C23H30N6O2. The molecule has 2 atom stereocenters. The summed E-state index contributed by atoms with van der Waals surface area (Å²) in [4.78, 5) is 25.3. The lowest BCUT2D eigenvalue weighted by molar-refractivity contribution is -0.125. The van der Waals surface area contributed by atoms with Crippen LogP contribution in [0.25, 0.3) is 5.82 Å².